The number of aromatic hydroxyl groups is 1. The average Bonchev–Trinajstić information content (AvgIpc) is 2.29. The van der Waals surface area contributed by atoms with Crippen molar-refractivity contribution in [2.45, 2.75) is 38.8 Å². The van der Waals surface area contributed by atoms with Gasteiger partial charge in [-0.05, 0) is 44.9 Å². The van der Waals surface area contributed by atoms with Crippen molar-refractivity contribution >= 4 is 11.8 Å². The monoisotopic (exact) mass is 282 g/mol. The highest BCUT2D eigenvalue weighted by Gasteiger charge is 2.18. The second-order valence-electron chi connectivity index (χ2n) is 5.52. The molecule has 6 nitrogen and oxygen atoms in total. The van der Waals surface area contributed by atoms with Crippen molar-refractivity contribution in [3.63, 3.8) is 0 Å². The maximum atomic E-state index is 11.7. The molecule has 0 bridgehead atoms. The Bertz CT molecular complexity index is 469. The van der Waals surface area contributed by atoms with E-state index in [1.807, 2.05) is 0 Å². The minimum Gasteiger partial charge on any atom is -0.506 e. The Morgan fingerprint density at radius 1 is 1.45 bits per heavy atom. The van der Waals surface area contributed by atoms with Crippen LogP contribution in [-0.4, -0.2) is 28.5 Å². The molecule has 0 spiro atoms. The van der Waals surface area contributed by atoms with Crippen LogP contribution in [0.15, 0.2) is 18.2 Å². The van der Waals surface area contributed by atoms with Crippen LogP contribution in [0.3, 0.4) is 0 Å². The number of aliphatic hydroxyl groups is 1. The molecular weight excluding hydrogens is 260 g/mol. The highest BCUT2D eigenvalue weighted by Crippen LogP contribution is 2.27. The number of ether oxygens (including phenoxy) is 1. The number of benzene rings is 1. The number of aliphatic hydroxyl groups excluding tert-OH is 1. The Morgan fingerprint density at radius 3 is 2.65 bits per heavy atom. The summed E-state index contributed by atoms with van der Waals surface area (Å²) in [7, 11) is 0. The number of phenols is 1. The van der Waals surface area contributed by atoms with E-state index in [1.54, 1.807) is 32.9 Å². The predicted octanol–water partition coefficient (Wildman–Crippen LogP) is 2.12. The first-order valence-electron chi connectivity index (χ1n) is 6.42. The van der Waals surface area contributed by atoms with Crippen LogP contribution >= 0.6 is 0 Å². The van der Waals surface area contributed by atoms with Gasteiger partial charge in [0.05, 0.1) is 5.69 Å². The zero-order valence-electron chi connectivity index (χ0n) is 12.0. The summed E-state index contributed by atoms with van der Waals surface area (Å²) in [5.74, 6) is -0.0733. The van der Waals surface area contributed by atoms with Crippen LogP contribution in [0.5, 0.6) is 5.75 Å². The minimum absolute atomic E-state index is 0.0309. The summed E-state index contributed by atoms with van der Waals surface area (Å²) in [5.41, 5.74) is 6.19. The van der Waals surface area contributed by atoms with Crippen LogP contribution in [0.2, 0.25) is 0 Å². The zero-order valence-corrected chi connectivity index (χ0v) is 12.0. The van der Waals surface area contributed by atoms with Gasteiger partial charge in [0.2, 0.25) is 0 Å². The first-order chi connectivity index (χ1) is 9.23. The fraction of sp³-hybridized carbons (Fsp3) is 0.500. The molecule has 0 saturated carbocycles. The molecule has 112 valence electrons. The second-order valence-corrected chi connectivity index (χ2v) is 5.52. The highest BCUT2D eigenvalue weighted by atomic mass is 16.6. The van der Waals surface area contributed by atoms with Crippen LogP contribution in [-0.2, 0) is 4.74 Å². The Labute approximate surface area is 118 Å². The summed E-state index contributed by atoms with van der Waals surface area (Å²) >= 11 is 0. The number of phenolic OH excluding ortho intramolecular Hbond substituents is 1. The fourth-order valence-corrected chi connectivity index (χ4v) is 1.60. The van der Waals surface area contributed by atoms with Crippen molar-refractivity contribution in [2.75, 3.05) is 11.9 Å². The first kappa shape index (κ1) is 16.3. The van der Waals surface area contributed by atoms with Gasteiger partial charge in [-0.3, -0.25) is 5.32 Å². The van der Waals surface area contributed by atoms with Crippen LogP contribution in [0.1, 0.15) is 38.8 Å². The number of hydrogen-bond acceptors (Lipinski definition) is 5. The molecule has 20 heavy (non-hydrogen) atoms. The van der Waals surface area contributed by atoms with Gasteiger partial charge in [0, 0.05) is 12.6 Å². The van der Waals surface area contributed by atoms with Crippen LogP contribution < -0.4 is 11.1 Å². The Kier molecular flexibility index (Phi) is 5.35. The lowest BCUT2D eigenvalue weighted by Crippen LogP contribution is -2.27. The first-order valence-corrected chi connectivity index (χ1v) is 6.42. The number of rotatable bonds is 4. The third kappa shape index (κ3) is 5.07. The summed E-state index contributed by atoms with van der Waals surface area (Å²) in [4.78, 5) is 11.7. The summed E-state index contributed by atoms with van der Waals surface area (Å²) in [5, 5.41) is 21.1. The van der Waals surface area contributed by atoms with Crippen molar-refractivity contribution < 1.29 is 19.7 Å². The topological polar surface area (TPSA) is 105 Å². The van der Waals surface area contributed by atoms with E-state index in [2.05, 4.69) is 5.32 Å². The van der Waals surface area contributed by atoms with Crippen molar-refractivity contribution in [1.29, 1.82) is 0 Å². The molecule has 0 fully saturated rings. The van der Waals surface area contributed by atoms with E-state index in [-0.39, 0.29) is 24.1 Å². The third-order valence-corrected chi connectivity index (χ3v) is 2.52. The number of anilines is 1. The van der Waals surface area contributed by atoms with Gasteiger partial charge < -0.3 is 20.7 Å². The summed E-state index contributed by atoms with van der Waals surface area (Å²) < 4.78 is 5.11. The predicted molar refractivity (Wildman–Crippen MR) is 76.6 cm³/mol. The summed E-state index contributed by atoms with van der Waals surface area (Å²) in [6.45, 7) is 5.22. The largest absolute Gasteiger partial charge is 0.506 e. The molecule has 0 heterocycles. The van der Waals surface area contributed by atoms with Gasteiger partial charge >= 0.3 is 6.09 Å². The van der Waals surface area contributed by atoms with Gasteiger partial charge in [-0.25, -0.2) is 4.79 Å². The van der Waals surface area contributed by atoms with E-state index >= 15 is 0 Å². The minimum atomic E-state index is -0.652. The SMILES string of the molecule is CC(C)(C)OC(=O)Nc1cc(C(N)CCO)ccc1O. The maximum absolute atomic E-state index is 11.7. The van der Waals surface area contributed by atoms with Crippen molar-refractivity contribution in [3.8, 4) is 5.75 Å². The van der Waals surface area contributed by atoms with Crippen LogP contribution in [0.25, 0.3) is 0 Å². The molecule has 1 amide bonds. The van der Waals surface area contributed by atoms with Crippen molar-refractivity contribution in [2.24, 2.45) is 5.73 Å². The van der Waals surface area contributed by atoms with E-state index in [1.165, 1.54) is 6.07 Å². The fourth-order valence-electron chi connectivity index (χ4n) is 1.60. The van der Waals surface area contributed by atoms with Crippen molar-refractivity contribution in [1.82, 2.24) is 0 Å². The molecule has 6 heteroatoms. The van der Waals surface area contributed by atoms with Gasteiger partial charge in [0.1, 0.15) is 11.4 Å². The third-order valence-electron chi connectivity index (χ3n) is 2.52. The molecule has 0 aromatic heterocycles. The molecule has 0 radical (unpaired) electrons. The molecule has 1 aromatic rings. The number of amides is 1. The number of nitrogens with two attached hydrogens (primary N) is 1. The molecule has 1 aromatic carbocycles. The molecule has 5 N–H and O–H groups in total. The van der Waals surface area contributed by atoms with Gasteiger partial charge in [-0.15, -0.1) is 0 Å². The number of nitrogens with one attached hydrogen (secondary N) is 1. The van der Waals surface area contributed by atoms with E-state index in [9.17, 15) is 9.90 Å². The zero-order chi connectivity index (χ0) is 15.3. The smallest absolute Gasteiger partial charge is 0.412 e. The van der Waals surface area contributed by atoms with E-state index in [0.717, 1.165) is 0 Å². The van der Waals surface area contributed by atoms with Gasteiger partial charge in [-0.2, -0.15) is 0 Å². The van der Waals surface area contributed by atoms with Gasteiger partial charge in [0.15, 0.2) is 0 Å². The van der Waals surface area contributed by atoms with Gasteiger partial charge in [-0.1, -0.05) is 6.07 Å². The second kappa shape index (κ2) is 6.58. The average molecular weight is 282 g/mol. The normalized spacial score (nSPS) is 12.8. The molecule has 1 rings (SSSR count). The highest BCUT2D eigenvalue weighted by molar-refractivity contribution is 5.87. The van der Waals surface area contributed by atoms with Gasteiger partial charge in [0.25, 0.3) is 0 Å². The molecule has 0 aliphatic heterocycles. The number of carbonyl (C=O) groups excluding carboxylic acids is 1. The lowest BCUT2D eigenvalue weighted by molar-refractivity contribution is 0.0635. The number of hydrogen-bond donors (Lipinski definition) is 4. The van der Waals surface area contributed by atoms with Crippen molar-refractivity contribution in [3.05, 3.63) is 23.8 Å². The lowest BCUT2D eigenvalue weighted by Gasteiger charge is -2.20. The standard InChI is InChI=1S/C14H22N2O4/c1-14(2,3)20-13(19)16-11-8-9(4-5-12(11)18)10(15)6-7-17/h4-5,8,10,17-18H,6-7,15H2,1-3H3,(H,16,19). The maximum Gasteiger partial charge on any atom is 0.412 e. The van der Waals surface area contributed by atoms with E-state index in [4.69, 9.17) is 15.6 Å². The molecule has 0 aliphatic rings. The lowest BCUT2D eigenvalue weighted by atomic mass is 10.0. The molecule has 1 unspecified atom stereocenters. The molecule has 1 atom stereocenters. The summed E-state index contributed by atoms with van der Waals surface area (Å²) in [6, 6.07) is 4.30. The van der Waals surface area contributed by atoms with E-state index in [0.29, 0.717) is 12.0 Å². The quantitative estimate of drug-likeness (QED) is 0.633. The van der Waals surface area contributed by atoms with Crippen LogP contribution in [0.4, 0.5) is 10.5 Å². The van der Waals surface area contributed by atoms with Crippen LogP contribution in [0, 0.1) is 0 Å². The van der Waals surface area contributed by atoms with E-state index < -0.39 is 11.7 Å². The molecular formula is C14H22N2O4. The molecule has 0 saturated heterocycles. The Morgan fingerprint density at radius 2 is 2.10 bits per heavy atom. The number of carbonyl (C=O) groups is 1. The summed E-state index contributed by atoms with van der Waals surface area (Å²) in [6.07, 6.45) is -0.253. The Balaban J connectivity index is 2.84. The Hall–Kier alpha value is -1.79. The molecule has 0 aliphatic carbocycles.